The van der Waals surface area contributed by atoms with Gasteiger partial charge in [-0.2, -0.15) is 11.8 Å². The predicted molar refractivity (Wildman–Crippen MR) is 129 cm³/mol. The molecule has 0 bridgehead atoms. The molecule has 1 aliphatic rings. The number of hydrogen-bond acceptors (Lipinski definition) is 4. The minimum absolute atomic E-state index is 0.0559. The minimum atomic E-state index is -0.664. The molecule has 1 aliphatic heterocycles. The van der Waals surface area contributed by atoms with E-state index in [1.165, 1.54) is 12.1 Å². The number of nitrogens with zero attached hydrogens (tertiary/aromatic N) is 2. The van der Waals surface area contributed by atoms with E-state index in [1.807, 2.05) is 6.26 Å². The summed E-state index contributed by atoms with van der Waals surface area (Å²) in [5, 5.41) is 3.17. The average molecular weight is 492 g/mol. The van der Waals surface area contributed by atoms with Crippen molar-refractivity contribution in [1.29, 1.82) is 0 Å². The van der Waals surface area contributed by atoms with Crippen LogP contribution in [-0.2, 0) is 16.0 Å². The number of hydrogen-bond donors (Lipinski definition) is 1. The first kappa shape index (κ1) is 25.1. The summed E-state index contributed by atoms with van der Waals surface area (Å²) in [6, 6.07) is 11.9. The Balaban J connectivity index is 1.57. The van der Waals surface area contributed by atoms with Crippen LogP contribution < -0.4 is 5.32 Å². The van der Waals surface area contributed by atoms with E-state index < -0.39 is 6.04 Å². The van der Waals surface area contributed by atoms with Gasteiger partial charge in [0.15, 0.2) is 0 Å². The van der Waals surface area contributed by atoms with Crippen molar-refractivity contribution in [3.8, 4) is 0 Å². The first-order chi connectivity index (χ1) is 15.9. The van der Waals surface area contributed by atoms with Crippen LogP contribution in [-0.4, -0.2) is 71.8 Å². The van der Waals surface area contributed by atoms with Crippen LogP contribution in [0.1, 0.15) is 22.3 Å². The third-order valence-corrected chi connectivity index (χ3v) is 6.52. The maximum Gasteiger partial charge on any atom is 0.253 e. The summed E-state index contributed by atoms with van der Waals surface area (Å²) < 4.78 is 13.1. The van der Waals surface area contributed by atoms with Crippen molar-refractivity contribution in [3.05, 3.63) is 70.5 Å². The number of carbonyl (C=O) groups is 3. The molecular formula is C24H27ClFN3O3S. The van der Waals surface area contributed by atoms with Crippen LogP contribution in [0.5, 0.6) is 0 Å². The number of carbonyl (C=O) groups excluding carboxylic acids is 3. The maximum absolute atomic E-state index is 13.2. The molecule has 176 valence electrons. The molecule has 2 aromatic rings. The molecular weight excluding hydrogens is 465 g/mol. The zero-order valence-electron chi connectivity index (χ0n) is 18.4. The Morgan fingerprint density at radius 3 is 2.30 bits per heavy atom. The van der Waals surface area contributed by atoms with Crippen molar-refractivity contribution in [2.45, 2.75) is 18.9 Å². The molecule has 0 aromatic heterocycles. The zero-order valence-corrected chi connectivity index (χ0v) is 20.0. The van der Waals surface area contributed by atoms with E-state index in [4.69, 9.17) is 11.6 Å². The lowest BCUT2D eigenvalue weighted by Crippen LogP contribution is -2.56. The number of halogens is 2. The first-order valence-electron chi connectivity index (χ1n) is 10.7. The Labute approximate surface area is 202 Å². The molecule has 1 atom stereocenters. The lowest BCUT2D eigenvalue weighted by molar-refractivity contribution is -0.140. The molecule has 9 heteroatoms. The van der Waals surface area contributed by atoms with E-state index in [2.05, 4.69) is 5.32 Å². The van der Waals surface area contributed by atoms with E-state index in [-0.39, 0.29) is 30.0 Å². The molecule has 0 saturated carbocycles. The summed E-state index contributed by atoms with van der Waals surface area (Å²) >= 11 is 7.73. The SMILES string of the molecule is CSCCC(NC(=O)c1ccccc1Cl)C(=O)N1CCN(C(=O)Cc2ccc(F)cc2)CC1. The van der Waals surface area contributed by atoms with Gasteiger partial charge < -0.3 is 15.1 Å². The summed E-state index contributed by atoms with van der Waals surface area (Å²) in [4.78, 5) is 41.9. The quantitative estimate of drug-likeness (QED) is 0.615. The van der Waals surface area contributed by atoms with Gasteiger partial charge in [-0.3, -0.25) is 14.4 Å². The van der Waals surface area contributed by atoms with Crippen LogP contribution in [0.3, 0.4) is 0 Å². The van der Waals surface area contributed by atoms with Gasteiger partial charge >= 0.3 is 0 Å². The zero-order chi connectivity index (χ0) is 23.8. The van der Waals surface area contributed by atoms with Crippen LogP contribution in [0.15, 0.2) is 48.5 Å². The van der Waals surface area contributed by atoms with Gasteiger partial charge in [0.1, 0.15) is 11.9 Å². The van der Waals surface area contributed by atoms with Crippen molar-refractivity contribution in [2.75, 3.05) is 38.2 Å². The lowest BCUT2D eigenvalue weighted by atomic mass is 10.1. The first-order valence-corrected chi connectivity index (χ1v) is 12.5. The fraction of sp³-hybridized carbons (Fsp3) is 0.375. The smallest absolute Gasteiger partial charge is 0.253 e. The van der Waals surface area contributed by atoms with Gasteiger partial charge in [-0.1, -0.05) is 35.9 Å². The molecule has 0 radical (unpaired) electrons. The van der Waals surface area contributed by atoms with Gasteiger partial charge in [0.25, 0.3) is 5.91 Å². The summed E-state index contributed by atoms with van der Waals surface area (Å²) in [6.07, 6.45) is 2.64. The number of nitrogens with one attached hydrogen (secondary N) is 1. The molecule has 3 rings (SSSR count). The number of piperazine rings is 1. The number of thioether (sulfide) groups is 1. The molecule has 33 heavy (non-hydrogen) atoms. The number of amides is 3. The van der Waals surface area contributed by atoms with Crippen LogP contribution in [0, 0.1) is 5.82 Å². The standard InChI is InChI=1S/C24H27ClFN3O3S/c1-33-15-10-21(27-23(31)19-4-2-3-5-20(19)25)24(32)29-13-11-28(12-14-29)22(30)16-17-6-8-18(26)9-7-17/h2-9,21H,10-16H2,1H3,(H,27,31). The highest BCUT2D eigenvalue weighted by Crippen LogP contribution is 2.16. The van der Waals surface area contributed by atoms with E-state index in [0.717, 1.165) is 11.3 Å². The van der Waals surface area contributed by atoms with E-state index in [9.17, 15) is 18.8 Å². The molecule has 1 unspecified atom stereocenters. The fourth-order valence-corrected chi connectivity index (χ4v) is 4.35. The van der Waals surface area contributed by atoms with E-state index in [0.29, 0.717) is 43.2 Å². The number of rotatable bonds is 8. The molecule has 6 nitrogen and oxygen atoms in total. The topological polar surface area (TPSA) is 69.7 Å². The van der Waals surface area contributed by atoms with Gasteiger partial charge in [0, 0.05) is 26.2 Å². The Hall–Kier alpha value is -2.58. The molecule has 1 heterocycles. The van der Waals surface area contributed by atoms with Gasteiger partial charge in [-0.05, 0) is 48.3 Å². The lowest BCUT2D eigenvalue weighted by Gasteiger charge is -2.36. The van der Waals surface area contributed by atoms with Crippen LogP contribution in [0.4, 0.5) is 4.39 Å². The van der Waals surface area contributed by atoms with Crippen LogP contribution in [0.2, 0.25) is 5.02 Å². The normalized spacial score (nSPS) is 14.6. The summed E-state index contributed by atoms with van der Waals surface area (Å²) in [5.41, 5.74) is 1.08. The second kappa shape index (κ2) is 12.0. The van der Waals surface area contributed by atoms with Crippen molar-refractivity contribution < 1.29 is 18.8 Å². The second-order valence-corrected chi connectivity index (χ2v) is 9.19. The molecule has 1 saturated heterocycles. The van der Waals surface area contributed by atoms with Crippen molar-refractivity contribution >= 4 is 41.1 Å². The summed E-state index contributed by atoms with van der Waals surface area (Å²) in [5.74, 6) is -0.214. The monoisotopic (exact) mass is 491 g/mol. The fourth-order valence-electron chi connectivity index (χ4n) is 3.66. The summed E-state index contributed by atoms with van der Waals surface area (Å²) in [6.45, 7) is 1.62. The summed E-state index contributed by atoms with van der Waals surface area (Å²) in [7, 11) is 0. The van der Waals surface area contributed by atoms with Crippen LogP contribution >= 0.6 is 23.4 Å². The molecule has 0 spiro atoms. The molecule has 1 fully saturated rings. The highest BCUT2D eigenvalue weighted by atomic mass is 35.5. The molecule has 2 aromatic carbocycles. The Morgan fingerprint density at radius 1 is 1.03 bits per heavy atom. The van der Waals surface area contributed by atoms with Gasteiger partial charge in [0.2, 0.25) is 11.8 Å². The Bertz CT molecular complexity index is 981. The van der Waals surface area contributed by atoms with Gasteiger partial charge in [-0.25, -0.2) is 4.39 Å². The molecule has 3 amide bonds. The predicted octanol–water partition coefficient (Wildman–Crippen LogP) is 3.24. The second-order valence-electron chi connectivity index (χ2n) is 7.80. The van der Waals surface area contributed by atoms with Gasteiger partial charge in [-0.15, -0.1) is 0 Å². The molecule has 0 aliphatic carbocycles. The van der Waals surface area contributed by atoms with Crippen molar-refractivity contribution in [3.63, 3.8) is 0 Å². The number of benzene rings is 2. The van der Waals surface area contributed by atoms with Gasteiger partial charge in [0.05, 0.1) is 17.0 Å². The Morgan fingerprint density at radius 2 is 1.67 bits per heavy atom. The van der Waals surface area contributed by atoms with Crippen molar-refractivity contribution in [2.24, 2.45) is 0 Å². The molecule has 1 N–H and O–H groups in total. The van der Waals surface area contributed by atoms with Crippen molar-refractivity contribution in [1.82, 2.24) is 15.1 Å². The third kappa shape index (κ3) is 6.95. The highest BCUT2D eigenvalue weighted by Gasteiger charge is 2.30. The van der Waals surface area contributed by atoms with E-state index in [1.54, 1.807) is 58.0 Å². The highest BCUT2D eigenvalue weighted by molar-refractivity contribution is 7.98. The van der Waals surface area contributed by atoms with E-state index >= 15 is 0 Å². The van der Waals surface area contributed by atoms with Crippen LogP contribution in [0.25, 0.3) is 0 Å². The third-order valence-electron chi connectivity index (χ3n) is 5.55. The average Bonchev–Trinajstić information content (AvgIpc) is 2.83. The minimum Gasteiger partial charge on any atom is -0.340 e. The Kier molecular flexibility index (Phi) is 9.14. The largest absolute Gasteiger partial charge is 0.340 e. The maximum atomic E-state index is 13.2.